The van der Waals surface area contributed by atoms with Crippen LogP contribution in [0.3, 0.4) is 0 Å². The fourth-order valence-electron chi connectivity index (χ4n) is 2.20. The van der Waals surface area contributed by atoms with Crippen LogP contribution in [0.15, 0.2) is 72.3 Å². The summed E-state index contributed by atoms with van der Waals surface area (Å²) in [5, 5.41) is 0. The first-order valence-corrected chi connectivity index (χ1v) is 9.22. The lowest BCUT2D eigenvalue weighted by molar-refractivity contribution is 0.169. The molecule has 3 rings (SSSR count). The van der Waals surface area contributed by atoms with E-state index in [2.05, 4.69) is 0 Å². The lowest BCUT2D eigenvalue weighted by Crippen LogP contribution is -2.16. The molecule has 0 heterocycles. The van der Waals surface area contributed by atoms with Crippen LogP contribution in [-0.4, -0.2) is 6.10 Å². The Morgan fingerprint density at radius 1 is 0.852 bits per heavy atom. The zero-order valence-electron chi connectivity index (χ0n) is 13.7. The zero-order chi connectivity index (χ0) is 19.4. The normalized spacial score (nSPS) is 18.9. The minimum Gasteiger partial charge on any atom is -0.395 e. The molecule has 0 aliphatic heterocycles. The molecule has 0 fully saturated rings. The number of phosphoric ester groups is 1. The number of hydrogen-bond acceptors (Lipinski definition) is 4. The average Bonchev–Trinajstić information content (AvgIpc) is 2.62. The Balaban J connectivity index is 1.86. The number of rotatable bonds is 6. The van der Waals surface area contributed by atoms with Crippen molar-refractivity contribution in [3.05, 3.63) is 84.0 Å². The van der Waals surface area contributed by atoms with E-state index in [0.717, 1.165) is 24.3 Å². The van der Waals surface area contributed by atoms with Crippen molar-refractivity contribution in [2.45, 2.75) is 12.5 Å². The summed E-state index contributed by atoms with van der Waals surface area (Å²) >= 11 is 0. The summed E-state index contributed by atoms with van der Waals surface area (Å²) in [7, 11) is -4.46. The molecule has 0 saturated carbocycles. The molecule has 9 heteroatoms. The second-order valence-corrected chi connectivity index (χ2v) is 6.94. The summed E-state index contributed by atoms with van der Waals surface area (Å²) in [5.41, 5.74) is 0. The van der Waals surface area contributed by atoms with Crippen LogP contribution >= 0.6 is 7.82 Å². The summed E-state index contributed by atoms with van der Waals surface area (Å²) in [5.74, 6) is -4.81. The summed E-state index contributed by atoms with van der Waals surface area (Å²) in [6.45, 7) is 0. The molecule has 2 atom stereocenters. The van der Waals surface area contributed by atoms with Gasteiger partial charge in [-0.2, -0.15) is 0 Å². The molecule has 0 bridgehead atoms. The van der Waals surface area contributed by atoms with E-state index in [1.165, 1.54) is 12.1 Å². The third-order valence-electron chi connectivity index (χ3n) is 3.42. The molecule has 0 saturated heterocycles. The molecule has 2 aromatic carbocycles. The highest BCUT2D eigenvalue weighted by Crippen LogP contribution is 2.51. The number of para-hydroxylation sites is 1. The molecular weight excluding hydrogens is 387 g/mol. The Kier molecular flexibility index (Phi) is 5.68. The van der Waals surface area contributed by atoms with Gasteiger partial charge in [0.1, 0.15) is 11.5 Å². The molecule has 142 valence electrons. The van der Waals surface area contributed by atoms with Crippen molar-refractivity contribution in [3.8, 4) is 11.5 Å². The second-order valence-electron chi connectivity index (χ2n) is 5.46. The van der Waals surface area contributed by atoms with Crippen LogP contribution in [-0.2, 0) is 9.09 Å². The van der Waals surface area contributed by atoms with Crippen molar-refractivity contribution < 1.29 is 35.7 Å². The first kappa shape index (κ1) is 19.2. The van der Waals surface area contributed by atoms with Gasteiger partial charge in [-0.05, 0) is 42.8 Å². The quantitative estimate of drug-likeness (QED) is 0.439. The predicted molar refractivity (Wildman–Crippen MR) is 89.5 cm³/mol. The van der Waals surface area contributed by atoms with Gasteiger partial charge in [0.05, 0.1) is 6.10 Å². The van der Waals surface area contributed by atoms with Gasteiger partial charge in [0.25, 0.3) is 0 Å². The van der Waals surface area contributed by atoms with E-state index in [1.54, 1.807) is 18.2 Å². The van der Waals surface area contributed by atoms with E-state index in [1.807, 2.05) is 0 Å². The molecule has 4 nitrogen and oxygen atoms in total. The van der Waals surface area contributed by atoms with E-state index >= 15 is 0 Å². The summed E-state index contributed by atoms with van der Waals surface area (Å²) in [6, 6.07) is 10.3. The summed E-state index contributed by atoms with van der Waals surface area (Å²) in [6.07, 6.45) is 0.432. The third-order valence-corrected chi connectivity index (χ3v) is 4.82. The first-order valence-electron chi connectivity index (χ1n) is 7.76. The van der Waals surface area contributed by atoms with Crippen molar-refractivity contribution in [1.29, 1.82) is 0 Å². The minimum atomic E-state index is -4.46. The van der Waals surface area contributed by atoms with Crippen molar-refractivity contribution in [2.75, 3.05) is 0 Å². The van der Waals surface area contributed by atoms with Crippen molar-refractivity contribution >= 4 is 7.82 Å². The van der Waals surface area contributed by atoms with Gasteiger partial charge in [-0.15, -0.1) is 0 Å². The SMILES string of the molecule is O=P(Oc1ccccc1)(Oc1ccc(F)c(F)c1)OC1C=C(F)C(F)=CC1. The maximum atomic E-state index is 13.4. The molecule has 0 N–H and O–H groups in total. The minimum absolute atomic E-state index is 0.102. The largest absolute Gasteiger partial charge is 0.588 e. The van der Waals surface area contributed by atoms with E-state index in [-0.39, 0.29) is 17.9 Å². The molecule has 0 spiro atoms. The highest BCUT2D eigenvalue weighted by Gasteiger charge is 2.35. The molecule has 0 radical (unpaired) electrons. The number of phosphoric acid groups is 1. The molecule has 1 aliphatic rings. The van der Waals surface area contributed by atoms with Crippen LogP contribution in [0.1, 0.15) is 6.42 Å². The molecule has 2 aromatic rings. The van der Waals surface area contributed by atoms with Crippen LogP contribution < -0.4 is 9.05 Å². The van der Waals surface area contributed by atoms with Crippen LogP contribution in [0.4, 0.5) is 17.6 Å². The first-order chi connectivity index (χ1) is 12.8. The smallest absolute Gasteiger partial charge is 0.395 e. The monoisotopic (exact) mass is 400 g/mol. The number of halogens is 4. The Morgan fingerprint density at radius 3 is 2.22 bits per heavy atom. The maximum Gasteiger partial charge on any atom is 0.588 e. The van der Waals surface area contributed by atoms with E-state index < -0.39 is 37.2 Å². The zero-order valence-corrected chi connectivity index (χ0v) is 14.5. The van der Waals surface area contributed by atoms with Crippen LogP contribution in [0, 0.1) is 11.6 Å². The van der Waals surface area contributed by atoms with Crippen LogP contribution in [0.5, 0.6) is 11.5 Å². The van der Waals surface area contributed by atoms with Gasteiger partial charge < -0.3 is 9.05 Å². The number of hydrogen-bond donors (Lipinski definition) is 0. The van der Waals surface area contributed by atoms with E-state index in [9.17, 15) is 22.1 Å². The Labute approximate surface area is 152 Å². The number of benzene rings is 2. The Bertz CT molecular complexity index is 930. The predicted octanol–water partition coefficient (Wildman–Crippen LogP) is 6.03. The highest BCUT2D eigenvalue weighted by atomic mass is 31.2. The number of allylic oxidation sites excluding steroid dienone is 2. The van der Waals surface area contributed by atoms with Gasteiger partial charge in [0.15, 0.2) is 23.3 Å². The highest BCUT2D eigenvalue weighted by molar-refractivity contribution is 7.49. The van der Waals surface area contributed by atoms with Crippen molar-refractivity contribution in [1.82, 2.24) is 0 Å². The lowest BCUT2D eigenvalue weighted by atomic mass is 10.1. The fourth-order valence-corrected chi connectivity index (χ4v) is 3.56. The molecule has 0 amide bonds. The second kappa shape index (κ2) is 7.98. The van der Waals surface area contributed by atoms with Gasteiger partial charge in [0, 0.05) is 6.07 Å². The standard InChI is InChI=1S/C18H13F4O4P/c19-15-8-6-13(10-17(15)21)25-27(23,24-12-4-2-1-3-5-12)26-14-7-9-16(20)18(22)11-14/h1-6,8-11,14H,7H2. The van der Waals surface area contributed by atoms with Crippen LogP contribution in [0.2, 0.25) is 0 Å². The van der Waals surface area contributed by atoms with Gasteiger partial charge in [-0.3, -0.25) is 4.52 Å². The molecule has 2 unspecified atom stereocenters. The summed E-state index contributed by atoms with van der Waals surface area (Å²) in [4.78, 5) is 0. The van der Waals surface area contributed by atoms with Crippen molar-refractivity contribution in [2.24, 2.45) is 0 Å². The van der Waals surface area contributed by atoms with Gasteiger partial charge in [0.2, 0.25) is 0 Å². The molecular formula is C18H13F4O4P. The van der Waals surface area contributed by atoms with Gasteiger partial charge in [-0.1, -0.05) is 18.2 Å². The average molecular weight is 400 g/mol. The summed E-state index contributed by atoms with van der Waals surface area (Å²) < 4.78 is 81.7. The third kappa shape index (κ3) is 4.99. The Hall–Kier alpha value is -2.57. The van der Waals surface area contributed by atoms with Crippen molar-refractivity contribution in [3.63, 3.8) is 0 Å². The van der Waals surface area contributed by atoms with E-state index in [4.69, 9.17) is 13.6 Å². The fraction of sp³-hybridized carbons (Fsp3) is 0.111. The Morgan fingerprint density at radius 2 is 1.56 bits per heavy atom. The van der Waals surface area contributed by atoms with E-state index in [0.29, 0.717) is 6.07 Å². The molecule has 0 aromatic heterocycles. The topological polar surface area (TPSA) is 44.8 Å². The lowest BCUT2D eigenvalue weighted by Gasteiger charge is -2.23. The maximum absolute atomic E-state index is 13.4. The van der Waals surface area contributed by atoms with Gasteiger partial charge in [-0.25, -0.2) is 22.1 Å². The molecule has 27 heavy (non-hydrogen) atoms. The van der Waals surface area contributed by atoms with Gasteiger partial charge >= 0.3 is 7.82 Å². The molecule has 1 aliphatic carbocycles. The van der Waals surface area contributed by atoms with Crippen LogP contribution in [0.25, 0.3) is 0 Å².